The van der Waals surface area contributed by atoms with E-state index in [2.05, 4.69) is 26.1 Å². The lowest BCUT2D eigenvalue weighted by Crippen LogP contribution is -2.65. The van der Waals surface area contributed by atoms with Crippen molar-refractivity contribution in [3.63, 3.8) is 0 Å². The minimum absolute atomic E-state index is 0.0234. The van der Waals surface area contributed by atoms with Crippen LogP contribution in [0.5, 0.6) is 0 Å². The van der Waals surface area contributed by atoms with E-state index in [0.717, 1.165) is 6.42 Å². The van der Waals surface area contributed by atoms with Gasteiger partial charge in [-0.15, -0.1) is 0 Å². The summed E-state index contributed by atoms with van der Waals surface area (Å²) < 4.78 is 39.8. The summed E-state index contributed by atoms with van der Waals surface area (Å²) in [5.74, 6) is -6.06. The number of aliphatic carboxylic acids is 1. The molecule has 5 rings (SSSR count). The van der Waals surface area contributed by atoms with Crippen LogP contribution >= 0.6 is 0 Å². The molecule has 4 N–H and O–H groups in total. The average Bonchev–Trinajstić information content (AvgIpc) is 3.52. The van der Waals surface area contributed by atoms with Crippen molar-refractivity contribution in [2.45, 2.75) is 219 Å². The summed E-state index contributed by atoms with van der Waals surface area (Å²) in [6.45, 7) is 23.2. The van der Waals surface area contributed by atoms with Crippen molar-refractivity contribution in [3.8, 4) is 0 Å². The van der Waals surface area contributed by atoms with Crippen LogP contribution in [0, 0.1) is 41.4 Å². The Morgan fingerprint density at radius 1 is 0.881 bits per heavy atom. The van der Waals surface area contributed by atoms with E-state index in [0.29, 0.717) is 57.8 Å². The SMILES string of the molecule is CC[C@@H](C(=O)[C@@H](C)[C@@H](O)[C@H](C)[C@@H]1O[C@@H]([C@@H](CC)C(=O)O)CC[C@@H]1C)[C@H]1O[C@]2(C=C[C@@H](NC(=O)OC(C)C)[C@]3(CC[C@@](C)([C@H]4CC[C@](O)(CC)[C@H](C)O4)O3)O2)[C@H](C)C[C@@H]1C. The van der Waals surface area contributed by atoms with Crippen LogP contribution in [0.4, 0.5) is 4.79 Å². The van der Waals surface area contributed by atoms with Gasteiger partial charge in [-0.3, -0.25) is 9.59 Å². The fourth-order valence-electron chi connectivity index (χ4n) is 11.0. The largest absolute Gasteiger partial charge is 0.481 e. The molecule has 59 heavy (non-hydrogen) atoms. The Hall–Kier alpha value is -2.13. The topological polar surface area (TPSA) is 179 Å². The highest BCUT2D eigenvalue weighted by molar-refractivity contribution is 5.84. The molecule has 0 bridgehead atoms. The van der Waals surface area contributed by atoms with Crippen molar-refractivity contribution in [3.05, 3.63) is 12.2 Å². The van der Waals surface area contributed by atoms with Gasteiger partial charge in [-0.25, -0.2) is 4.79 Å². The van der Waals surface area contributed by atoms with E-state index in [-0.39, 0.29) is 35.7 Å². The summed E-state index contributed by atoms with van der Waals surface area (Å²) in [6.07, 6.45) is 5.44. The van der Waals surface area contributed by atoms with Gasteiger partial charge in [-0.05, 0) is 103 Å². The van der Waals surface area contributed by atoms with Gasteiger partial charge in [0.1, 0.15) is 11.8 Å². The molecule has 13 nitrogen and oxygen atoms in total. The molecule has 5 aliphatic heterocycles. The zero-order valence-corrected chi connectivity index (χ0v) is 37.9. The molecule has 0 radical (unpaired) electrons. The number of hydrogen-bond donors (Lipinski definition) is 4. The summed E-state index contributed by atoms with van der Waals surface area (Å²) >= 11 is 0. The van der Waals surface area contributed by atoms with Crippen molar-refractivity contribution >= 4 is 17.8 Å². The number of carboxylic acids is 1. The molecular formula is C46H77NO12. The van der Waals surface area contributed by atoms with Crippen molar-refractivity contribution in [2.75, 3.05) is 0 Å². The van der Waals surface area contributed by atoms with E-state index >= 15 is 0 Å². The minimum Gasteiger partial charge on any atom is -0.481 e. The maximum atomic E-state index is 14.6. The highest BCUT2D eigenvalue weighted by Crippen LogP contribution is 2.54. The normalized spacial score (nSPS) is 42.6. The predicted octanol–water partition coefficient (Wildman–Crippen LogP) is 7.33. The summed E-state index contributed by atoms with van der Waals surface area (Å²) in [5, 5.41) is 35.8. The predicted molar refractivity (Wildman–Crippen MR) is 221 cm³/mol. The van der Waals surface area contributed by atoms with E-state index in [9.17, 15) is 29.7 Å². The van der Waals surface area contributed by atoms with Crippen LogP contribution in [-0.4, -0.2) is 105 Å². The molecule has 4 fully saturated rings. The van der Waals surface area contributed by atoms with Crippen molar-refractivity contribution in [1.29, 1.82) is 0 Å². The molecule has 0 saturated carbocycles. The standard InChI is InChI=1S/C46H77NO12/c1-13-32(41(50)51)34-17-16-26(6)39(56-34)30(10)37(48)29(9)38(49)33(14-2)40-27(7)24-28(8)45(57-40)21-18-35(47-42(52)54-25(4)5)46(59-45)23-22-43(12,58-46)36-19-20-44(53,15-3)31(11)55-36/h18,21,25-37,39-40,48,53H,13-17,19-20,22-24H2,1-12H3,(H,47,52)(H,50,51)/t26-,27-,28+,29-,30-,31-,32+,33-,34+,35+,36+,37+,39+,40-,43-,44+,45-,46-/m0/s1. The van der Waals surface area contributed by atoms with Crippen molar-refractivity contribution in [2.24, 2.45) is 41.4 Å². The summed E-state index contributed by atoms with van der Waals surface area (Å²) in [5.41, 5.74) is -1.72. The number of nitrogens with one attached hydrogen (secondary N) is 1. The zero-order valence-electron chi connectivity index (χ0n) is 37.9. The highest BCUT2D eigenvalue weighted by atomic mass is 16.8. The Kier molecular flexibility index (Phi) is 15.2. The number of hydrogen-bond acceptors (Lipinski definition) is 11. The first-order valence-electron chi connectivity index (χ1n) is 22.8. The smallest absolute Gasteiger partial charge is 0.408 e. The van der Waals surface area contributed by atoms with Gasteiger partial charge in [-0.2, -0.15) is 0 Å². The quantitative estimate of drug-likeness (QED) is 0.128. The van der Waals surface area contributed by atoms with Gasteiger partial charge in [0.25, 0.3) is 0 Å². The lowest BCUT2D eigenvalue weighted by Gasteiger charge is -2.55. The van der Waals surface area contributed by atoms with E-state index in [1.54, 1.807) is 20.8 Å². The number of rotatable bonds is 14. The molecule has 5 heterocycles. The molecule has 5 aliphatic rings. The van der Waals surface area contributed by atoms with Crippen LogP contribution < -0.4 is 5.32 Å². The number of aliphatic hydroxyl groups excluding tert-OH is 1. The molecular weight excluding hydrogens is 759 g/mol. The number of ketones is 1. The molecule has 2 spiro atoms. The maximum Gasteiger partial charge on any atom is 0.408 e. The van der Waals surface area contributed by atoms with E-state index in [1.165, 1.54) is 0 Å². The number of amides is 1. The molecule has 13 heteroatoms. The molecule has 338 valence electrons. The summed E-state index contributed by atoms with van der Waals surface area (Å²) in [6, 6.07) is -0.726. The Morgan fingerprint density at radius 3 is 2.15 bits per heavy atom. The van der Waals surface area contributed by atoms with Gasteiger partial charge in [0.15, 0.2) is 11.6 Å². The first-order valence-corrected chi connectivity index (χ1v) is 22.8. The monoisotopic (exact) mass is 836 g/mol. The van der Waals surface area contributed by atoms with Crippen LogP contribution in [0.25, 0.3) is 0 Å². The third kappa shape index (κ3) is 9.61. The first kappa shape index (κ1) is 47.9. The number of Topliss-reactive ketones (excluding diaryl/α,β-unsaturated/α-hetero) is 1. The zero-order chi connectivity index (χ0) is 43.8. The van der Waals surface area contributed by atoms with Gasteiger partial charge in [-0.1, -0.05) is 61.5 Å². The van der Waals surface area contributed by atoms with E-state index in [4.69, 9.17) is 28.4 Å². The average molecular weight is 836 g/mol. The lowest BCUT2D eigenvalue weighted by molar-refractivity contribution is -0.398. The van der Waals surface area contributed by atoms with Crippen molar-refractivity contribution in [1.82, 2.24) is 5.32 Å². The second kappa shape index (κ2) is 18.7. The lowest BCUT2D eigenvalue weighted by atomic mass is 9.72. The summed E-state index contributed by atoms with van der Waals surface area (Å²) in [4.78, 5) is 39.7. The molecule has 0 aromatic rings. The molecule has 0 aromatic heterocycles. The minimum atomic E-state index is -1.36. The fraction of sp³-hybridized carbons (Fsp3) is 0.891. The molecule has 0 aromatic carbocycles. The van der Waals surface area contributed by atoms with Gasteiger partial charge in [0, 0.05) is 30.1 Å². The number of carbonyl (C=O) groups is 3. The van der Waals surface area contributed by atoms with Crippen LogP contribution in [0.2, 0.25) is 0 Å². The van der Waals surface area contributed by atoms with Crippen LogP contribution in [0.1, 0.15) is 147 Å². The Balaban J connectivity index is 1.39. The molecule has 4 saturated heterocycles. The Morgan fingerprint density at radius 2 is 1.56 bits per heavy atom. The molecule has 0 unspecified atom stereocenters. The summed E-state index contributed by atoms with van der Waals surface area (Å²) in [7, 11) is 0. The molecule has 0 aliphatic carbocycles. The second-order valence-corrected chi connectivity index (χ2v) is 19.5. The van der Waals surface area contributed by atoms with E-state index in [1.807, 2.05) is 53.7 Å². The fourth-order valence-corrected chi connectivity index (χ4v) is 11.0. The number of ether oxygens (including phenoxy) is 6. The van der Waals surface area contributed by atoms with Crippen LogP contribution in [0.3, 0.4) is 0 Å². The van der Waals surface area contributed by atoms with Gasteiger partial charge >= 0.3 is 12.1 Å². The molecule has 1 amide bonds. The maximum absolute atomic E-state index is 14.6. The van der Waals surface area contributed by atoms with Crippen molar-refractivity contribution < 1.29 is 58.1 Å². The number of aliphatic hydroxyl groups is 2. The Labute approximate surface area is 353 Å². The van der Waals surface area contributed by atoms with Gasteiger partial charge in [0.2, 0.25) is 0 Å². The van der Waals surface area contributed by atoms with Gasteiger partial charge in [0.05, 0.1) is 59.8 Å². The van der Waals surface area contributed by atoms with Gasteiger partial charge < -0.3 is 49.1 Å². The third-order valence-corrected chi connectivity index (χ3v) is 15.1. The number of alkyl carbamates (subject to hydrolysis) is 1. The molecule has 18 atom stereocenters. The first-order chi connectivity index (χ1) is 27.6. The third-order valence-electron chi connectivity index (χ3n) is 15.1. The number of carbonyl (C=O) groups excluding carboxylic acids is 2. The highest BCUT2D eigenvalue weighted by Gasteiger charge is 2.63. The number of carboxylic acid groups (broad SMARTS) is 1. The second-order valence-electron chi connectivity index (χ2n) is 19.5. The van der Waals surface area contributed by atoms with Crippen LogP contribution in [-0.2, 0) is 38.0 Å². The van der Waals surface area contributed by atoms with Crippen LogP contribution in [0.15, 0.2) is 12.2 Å². The Bertz CT molecular complexity index is 1510. The van der Waals surface area contributed by atoms with E-state index < -0.39 is 95.1 Å².